The number of hydrogen-bond acceptors (Lipinski definition) is 5. The molecule has 1 rings (SSSR count). The number of nitrogens with one attached hydrogen (secondary N) is 2. The van der Waals surface area contributed by atoms with Crippen LogP contribution in [0.25, 0.3) is 0 Å². The first-order valence-corrected chi connectivity index (χ1v) is 8.91. The van der Waals surface area contributed by atoms with Crippen molar-refractivity contribution in [2.24, 2.45) is 5.41 Å². The van der Waals surface area contributed by atoms with Gasteiger partial charge in [-0.25, -0.2) is 5.48 Å². The van der Waals surface area contributed by atoms with E-state index in [0.717, 1.165) is 7.05 Å². The lowest BCUT2D eigenvalue weighted by atomic mass is 9.88. The van der Waals surface area contributed by atoms with Crippen LogP contribution in [0.3, 0.4) is 0 Å². The Morgan fingerprint density at radius 3 is 1.26 bits per heavy atom. The van der Waals surface area contributed by atoms with Crippen molar-refractivity contribution in [3.05, 3.63) is 36.4 Å². The minimum absolute atomic E-state index is 0.812. The predicted octanol–water partition coefficient (Wildman–Crippen LogP) is 2.80. The molecule has 0 radical (unpaired) electrons. The summed E-state index contributed by atoms with van der Waals surface area (Å²) < 4.78 is 0. The molecule has 1 aromatic carbocycles. The quantitative estimate of drug-likeness (QED) is 0.436. The summed E-state index contributed by atoms with van der Waals surface area (Å²) in [7, 11) is 2.46. The third-order valence-electron chi connectivity index (χ3n) is 2.44. The number of carboxylic acids is 2. The summed E-state index contributed by atoms with van der Waals surface area (Å²) >= 11 is 0. The molecule has 0 unspecified atom stereocenters. The van der Waals surface area contributed by atoms with Crippen molar-refractivity contribution in [2.75, 3.05) is 20.7 Å². The number of carboxylic acid groups (broad SMARTS) is 2. The number of carbonyl (C=O) groups is 3. The Kier molecular flexibility index (Phi) is 28.1. The maximum absolute atomic E-state index is 11.2. The highest BCUT2D eigenvalue weighted by Gasteiger charge is 2.54. The van der Waals surface area contributed by atoms with Gasteiger partial charge in [0, 0.05) is 14.1 Å². The van der Waals surface area contributed by atoms with Crippen molar-refractivity contribution in [1.29, 1.82) is 0 Å². The first kappa shape index (κ1) is 32.2. The molecule has 0 aromatic heterocycles. The van der Waals surface area contributed by atoms with Gasteiger partial charge >= 0.3 is 11.9 Å². The summed E-state index contributed by atoms with van der Waals surface area (Å²) in [4.78, 5) is 37.4. The number of benzene rings is 1. The molecule has 0 bridgehead atoms. The van der Waals surface area contributed by atoms with E-state index >= 15 is 0 Å². The molecule has 0 saturated heterocycles. The second-order valence-electron chi connectivity index (χ2n) is 3.74. The Balaban J connectivity index is -0.000000181. The standard InChI is InChI=1S/C7H12N2O6.C6H6.3C2H6/c1-8-4(10)7(5(11)12,6(13)14)3-15-9-2;1-2-4-6-5-3-1;3*1-2/h9H,3H2,1-2H3,(H,8,10)(H,11,12)(H,13,14);1-6H;3*1-2H3. The van der Waals surface area contributed by atoms with Crippen LogP contribution in [-0.4, -0.2) is 48.8 Å². The summed E-state index contributed by atoms with van der Waals surface area (Å²) in [5, 5.41) is 19.5. The van der Waals surface area contributed by atoms with Gasteiger partial charge in [-0.3, -0.25) is 19.2 Å². The topological polar surface area (TPSA) is 125 Å². The number of hydroxylamine groups is 1. The van der Waals surface area contributed by atoms with Crippen LogP contribution in [-0.2, 0) is 19.2 Å². The zero-order chi connectivity index (χ0) is 22.3. The van der Waals surface area contributed by atoms with Gasteiger partial charge in [0.1, 0.15) is 6.61 Å². The molecule has 0 aliphatic carbocycles. The Hall–Kier alpha value is -2.45. The van der Waals surface area contributed by atoms with E-state index in [-0.39, 0.29) is 0 Å². The van der Waals surface area contributed by atoms with E-state index in [4.69, 9.17) is 10.2 Å². The van der Waals surface area contributed by atoms with Gasteiger partial charge in [0.15, 0.2) is 0 Å². The number of aliphatic carboxylic acids is 2. The largest absolute Gasteiger partial charge is 0.480 e. The molecule has 8 nitrogen and oxygen atoms in total. The first-order chi connectivity index (χ1) is 12.9. The summed E-state index contributed by atoms with van der Waals surface area (Å²) in [6, 6.07) is 12.0. The van der Waals surface area contributed by atoms with Crippen LogP contribution in [0, 0.1) is 5.41 Å². The fourth-order valence-corrected chi connectivity index (χ4v) is 1.25. The minimum Gasteiger partial charge on any atom is -0.480 e. The molecule has 0 heterocycles. The summed E-state index contributed by atoms with van der Waals surface area (Å²) in [5.74, 6) is -4.73. The zero-order valence-electron chi connectivity index (χ0n) is 17.7. The van der Waals surface area contributed by atoms with E-state index in [1.54, 1.807) is 0 Å². The van der Waals surface area contributed by atoms with Gasteiger partial charge in [-0.1, -0.05) is 77.9 Å². The van der Waals surface area contributed by atoms with Crippen LogP contribution >= 0.6 is 0 Å². The van der Waals surface area contributed by atoms with Crippen LogP contribution in [0.15, 0.2) is 36.4 Å². The maximum atomic E-state index is 11.2. The lowest BCUT2D eigenvalue weighted by molar-refractivity contribution is -0.175. The van der Waals surface area contributed by atoms with Gasteiger partial charge in [-0.2, -0.15) is 0 Å². The molecule has 0 aliphatic heterocycles. The molecule has 0 spiro atoms. The zero-order valence-corrected chi connectivity index (χ0v) is 17.7. The highest BCUT2D eigenvalue weighted by molar-refractivity contribution is 6.18. The molecule has 158 valence electrons. The first-order valence-electron chi connectivity index (χ1n) is 8.91. The van der Waals surface area contributed by atoms with Crippen molar-refractivity contribution in [3.63, 3.8) is 0 Å². The van der Waals surface area contributed by atoms with Crippen molar-refractivity contribution < 1.29 is 29.4 Å². The normalized spacial score (nSPS) is 8.44. The molecule has 27 heavy (non-hydrogen) atoms. The van der Waals surface area contributed by atoms with E-state index < -0.39 is 29.9 Å². The van der Waals surface area contributed by atoms with E-state index in [0.29, 0.717) is 0 Å². The molecule has 8 heteroatoms. The summed E-state index contributed by atoms with van der Waals surface area (Å²) in [6.45, 7) is 11.2. The Labute approximate surface area is 162 Å². The van der Waals surface area contributed by atoms with E-state index in [1.807, 2.05) is 83.3 Å². The van der Waals surface area contributed by atoms with Crippen molar-refractivity contribution in [2.45, 2.75) is 41.5 Å². The van der Waals surface area contributed by atoms with Gasteiger partial charge in [-0.05, 0) is 0 Å². The Bertz CT molecular complexity index is 426. The molecule has 0 aliphatic rings. The second-order valence-corrected chi connectivity index (χ2v) is 3.74. The Morgan fingerprint density at radius 2 is 1.07 bits per heavy atom. The summed E-state index contributed by atoms with van der Waals surface area (Å²) in [6.07, 6.45) is 0. The van der Waals surface area contributed by atoms with Crippen molar-refractivity contribution >= 4 is 17.8 Å². The van der Waals surface area contributed by atoms with E-state index in [9.17, 15) is 14.4 Å². The maximum Gasteiger partial charge on any atom is 0.333 e. The third kappa shape index (κ3) is 13.4. The van der Waals surface area contributed by atoms with Gasteiger partial charge < -0.3 is 15.5 Å². The highest BCUT2D eigenvalue weighted by atomic mass is 16.6. The Morgan fingerprint density at radius 1 is 0.778 bits per heavy atom. The fourth-order valence-electron chi connectivity index (χ4n) is 1.25. The van der Waals surface area contributed by atoms with Crippen LogP contribution in [0.5, 0.6) is 0 Å². The van der Waals surface area contributed by atoms with Crippen LogP contribution in [0.1, 0.15) is 41.5 Å². The average Bonchev–Trinajstić information content (AvgIpc) is 2.74. The predicted molar refractivity (Wildman–Crippen MR) is 107 cm³/mol. The van der Waals surface area contributed by atoms with E-state index in [1.165, 1.54) is 7.05 Å². The van der Waals surface area contributed by atoms with Crippen LogP contribution in [0.4, 0.5) is 0 Å². The molecule has 4 N–H and O–H groups in total. The monoisotopic (exact) mass is 388 g/mol. The van der Waals surface area contributed by atoms with Crippen LogP contribution < -0.4 is 10.8 Å². The van der Waals surface area contributed by atoms with Crippen molar-refractivity contribution in [3.8, 4) is 0 Å². The van der Waals surface area contributed by atoms with Gasteiger partial charge in [0.25, 0.3) is 11.3 Å². The SMILES string of the molecule is CC.CC.CC.CNOCC(C(=O)O)(C(=O)O)C(=O)NC.c1ccccc1. The number of carbonyl (C=O) groups excluding carboxylic acids is 1. The molecule has 0 atom stereocenters. The summed E-state index contributed by atoms with van der Waals surface area (Å²) in [5.41, 5.74) is -0.536. The van der Waals surface area contributed by atoms with Crippen molar-refractivity contribution in [1.82, 2.24) is 10.8 Å². The van der Waals surface area contributed by atoms with Gasteiger partial charge in [0.2, 0.25) is 0 Å². The lowest BCUT2D eigenvalue weighted by Gasteiger charge is -2.21. The third-order valence-corrected chi connectivity index (χ3v) is 2.44. The second kappa shape index (κ2) is 23.5. The highest BCUT2D eigenvalue weighted by Crippen LogP contribution is 2.18. The number of rotatable bonds is 6. The molecular weight excluding hydrogens is 352 g/mol. The smallest absolute Gasteiger partial charge is 0.333 e. The molecule has 1 aromatic rings. The fraction of sp³-hybridized carbons (Fsp3) is 0.526. The molecule has 0 fully saturated rings. The van der Waals surface area contributed by atoms with Gasteiger partial charge in [0.05, 0.1) is 0 Å². The molecule has 0 saturated carbocycles. The minimum atomic E-state index is -2.64. The number of amides is 1. The average molecular weight is 389 g/mol. The number of hydrogen-bond donors (Lipinski definition) is 4. The van der Waals surface area contributed by atoms with E-state index in [2.05, 4.69) is 10.3 Å². The molecular formula is C19H36N2O6. The van der Waals surface area contributed by atoms with Gasteiger partial charge in [-0.15, -0.1) is 0 Å². The molecule has 1 amide bonds. The lowest BCUT2D eigenvalue weighted by Crippen LogP contribution is -2.54. The van der Waals surface area contributed by atoms with Crippen LogP contribution in [0.2, 0.25) is 0 Å².